The second-order valence-electron chi connectivity index (χ2n) is 3.97. The predicted molar refractivity (Wildman–Crippen MR) is 72.9 cm³/mol. The van der Waals surface area contributed by atoms with Crippen LogP contribution in [0.25, 0.3) is 0 Å². The highest BCUT2D eigenvalue weighted by Gasteiger charge is 2.17. The average molecular weight is 280 g/mol. The molecule has 0 radical (unpaired) electrons. The summed E-state index contributed by atoms with van der Waals surface area (Å²) in [7, 11) is 1.70. The fraction of sp³-hybridized carbons (Fsp3) is 0.0714. The van der Waals surface area contributed by atoms with Gasteiger partial charge in [-0.15, -0.1) is 0 Å². The molecule has 19 heavy (non-hydrogen) atoms. The Bertz CT molecular complexity index is 613. The molecule has 0 aliphatic carbocycles. The van der Waals surface area contributed by atoms with E-state index in [1.54, 1.807) is 36.2 Å². The van der Waals surface area contributed by atoms with E-state index >= 15 is 0 Å². The molecule has 0 unspecified atom stereocenters. The van der Waals surface area contributed by atoms with Crippen molar-refractivity contribution in [2.75, 3.05) is 11.9 Å². The zero-order valence-corrected chi connectivity index (χ0v) is 10.9. The van der Waals surface area contributed by atoms with Crippen LogP contribution in [0.4, 0.5) is 15.8 Å². The molecule has 0 atom stereocenters. The van der Waals surface area contributed by atoms with Crippen LogP contribution in [0.1, 0.15) is 10.4 Å². The van der Waals surface area contributed by atoms with Gasteiger partial charge in [0.25, 0.3) is 0 Å². The molecule has 1 N–H and O–H groups in total. The Kier molecular flexibility index (Phi) is 3.71. The number of carboxylic acid groups (broad SMARTS) is 1. The topological polar surface area (TPSA) is 40.5 Å². The van der Waals surface area contributed by atoms with Crippen LogP contribution < -0.4 is 4.90 Å². The first-order chi connectivity index (χ1) is 9.00. The Morgan fingerprint density at radius 2 is 1.84 bits per heavy atom. The number of anilines is 2. The van der Waals surface area contributed by atoms with Gasteiger partial charge in [-0.1, -0.05) is 17.7 Å². The van der Waals surface area contributed by atoms with E-state index in [9.17, 15) is 14.3 Å². The maximum Gasteiger partial charge on any atom is 0.339 e. The molecule has 0 bridgehead atoms. The molecule has 98 valence electrons. The van der Waals surface area contributed by atoms with E-state index < -0.39 is 5.97 Å². The Labute approximate surface area is 114 Å². The van der Waals surface area contributed by atoms with Gasteiger partial charge in [-0.25, -0.2) is 9.18 Å². The second-order valence-corrected chi connectivity index (χ2v) is 4.38. The Balaban J connectivity index is 2.49. The second kappa shape index (κ2) is 5.28. The number of benzene rings is 2. The van der Waals surface area contributed by atoms with Crippen LogP contribution >= 0.6 is 11.6 Å². The van der Waals surface area contributed by atoms with E-state index in [-0.39, 0.29) is 16.4 Å². The molecule has 0 fully saturated rings. The van der Waals surface area contributed by atoms with Gasteiger partial charge in [-0.3, -0.25) is 0 Å². The van der Waals surface area contributed by atoms with Crippen molar-refractivity contribution in [3.63, 3.8) is 0 Å². The summed E-state index contributed by atoms with van der Waals surface area (Å²) >= 11 is 5.91. The summed E-state index contributed by atoms with van der Waals surface area (Å²) < 4.78 is 12.9. The number of hydrogen-bond donors (Lipinski definition) is 1. The van der Waals surface area contributed by atoms with Gasteiger partial charge >= 0.3 is 5.97 Å². The largest absolute Gasteiger partial charge is 0.478 e. The highest BCUT2D eigenvalue weighted by Crippen LogP contribution is 2.31. The molecule has 0 saturated carbocycles. The van der Waals surface area contributed by atoms with Gasteiger partial charge in [0.05, 0.1) is 10.7 Å². The summed E-state index contributed by atoms with van der Waals surface area (Å²) in [6.07, 6.45) is 0. The molecular formula is C14H11ClFNO2. The van der Waals surface area contributed by atoms with Crippen molar-refractivity contribution in [1.29, 1.82) is 0 Å². The molecule has 2 aromatic carbocycles. The summed E-state index contributed by atoms with van der Waals surface area (Å²) in [5.41, 5.74) is 1.15. The molecule has 0 saturated heterocycles. The number of halogens is 2. The van der Waals surface area contributed by atoms with Crippen molar-refractivity contribution in [3.8, 4) is 0 Å². The summed E-state index contributed by atoms with van der Waals surface area (Å²) in [5, 5.41) is 9.38. The van der Waals surface area contributed by atoms with Gasteiger partial charge in [0.2, 0.25) is 0 Å². The standard InChI is InChI=1S/C14H11ClFNO2/c1-17(10-7-5-9(16)6-8-10)12-4-2-3-11(15)13(12)14(18)19/h2-8H,1H3,(H,18,19). The molecule has 0 aromatic heterocycles. The van der Waals surface area contributed by atoms with Crippen molar-refractivity contribution in [3.05, 3.63) is 58.9 Å². The van der Waals surface area contributed by atoms with Crippen LogP contribution in [0.2, 0.25) is 5.02 Å². The van der Waals surface area contributed by atoms with Crippen LogP contribution in [-0.4, -0.2) is 18.1 Å². The number of nitrogens with zero attached hydrogens (tertiary/aromatic N) is 1. The van der Waals surface area contributed by atoms with E-state index in [1.165, 1.54) is 18.2 Å². The molecule has 0 spiro atoms. The summed E-state index contributed by atoms with van der Waals surface area (Å²) in [6.45, 7) is 0. The van der Waals surface area contributed by atoms with E-state index in [0.717, 1.165) is 0 Å². The first-order valence-electron chi connectivity index (χ1n) is 5.52. The van der Waals surface area contributed by atoms with E-state index in [2.05, 4.69) is 0 Å². The van der Waals surface area contributed by atoms with Gasteiger partial charge in [0, 0.05) is 12.7 Å². The lowest BCUT2D eigenvalue weighted by Gasteiger charge is -2.21. The molecule has 0 aliphatic rings. The lowest BCUT2D eigenvalue weighted by molar-refractivity contribution is 0.0698. The summed E-state index contributed by atoms with van der Waals surface area (Å²) in [4.78, 5) is 12.9. The van der Waals surface area contributed by atoms with Crippen LogP contribution in [0.5, 0.6) is 0 Å². The van der Waals surface area contributed by atoms with E-state index in [4.69, 9.17) is 11.6 Å². The maximum absolute atomic E-state index is 12.9. The van der Waals surface area contributed by atoms with Crippen LogP contribution in [-0.2, 0) is 0 Å². The Hall–Kier alpha value is -2.07. The number of carboxylic acids is 1. The zero-order chi connectivity index (χ0) is 14.0. The highest BCUT2D eigenvalue weighted by atomic mass is 35.5. The smallest absolute Gasteiger partial charge is 0.339 e. The lowest BCUT2D eigenvalue weighted by atomic mass is 10.1. The Morgan fingerprint density at radius 3 is 2.42 bits per heavy atom. The van der Waals surface area contributed by atoms with Gasteiger partial charge in [-0.05, 0) is 36.4 Å². The summed E-state index contributed by atoms with van der Waals surface area (Å²) in [6, 6.07) is 10.6. The molecule has 2 rings (SSSR count). The van der Waals surface area contributed by atoms with Crippen LogP contribution in [0.15, 0.2) is 42.5 Å². The van der Waals surface area contributed by atoms with Crippen molar-refractivity contribution in [2.45, 2.75) is 0 Å². The first kappa shape index (κ1) is 13.4. The fourth-order valence-electron chi connectivity index (χ4n) is 1.81. The van der Waals surface area contributed by atoms with Gasteiger partial charge < -0.3 is 10.0 Å². The fourth-order valence-corrected chi connectivity index (χ4v) is 2.06. The number of rotatable bonds is 3. The molecule has 0 amide bonds. The van der Waals surface area contributed by atoms with Crippen molar-refractivity contribution < 1.29 is 14.3 Å². The average Bonchev–Trinajstić information content (AvgIpc) is 2.38. The molecule has 0 aliphatic heterocycles. The minimum Gasteiger partial charge on any atom is -0.478 e. The van der Waals surface area contributed by atoms with Gasteiger partial charge in [0.15, 0.2) is 0 Å². The molecule has 0 heterocycles. The van der Waals surface area contributed by atoms with E-state index in [0.29, 0.717) is 11.4 Å². The first-order valence-corrected chi connectivity index (χ1v) is 5.89. The molecule has 2 aromatic rings. The normalized spacial score (nSPS) is 10.3. The molecular weight excluding hydrogens is 269 g/mol. The van der Waals surface area contributed by atoms with E-state index in [1.807, 2.05) is 0 Å². The maximum atomic E-state index is 12.9. The van der Waals surface area contributed by atoms with Crippen LogP contribution in [0, 0.1) is 5.82 Å². The highest BCUT2D eigenvalue weighted by molar-refractivity contribution is 6.34. The third-order valence-corrected chi connectivity index (χ3v) is 3.10. The van der Waals surface area contributed by atoms with Crippen LogP contribution in [0.3, 0.4) is 0 Å². The van der Waals surface area contributed by atoms with Crippen molar-refractivity contribution >= 4 is 28.9 Å². The lowest BCUT2D eigenvalue weighted by Crippen LogP contribution is -2.14. The SMILES string of the molecule is CN(c1ccc(F)cc1)c1cccc(Cl)c1C(=O)O. The van der Waals surface area contributed by atoms with Crippen molar-refractivity contribution in [1.82, 2.24) is 0 Å². The quantitative estimate of drug-likeness (QED) is 0.925. The summed E-state index contributed by atoms with van der Waals surface area (Å²) in [5.74, 6) is -1.45. The third kappa shape index (κ3) is 2.69. The molecule has 3 nitrogen and oxygen atoms in total. The van der Waals surface area contributed by atoms with Gasteiger partial charge in [-0.2, -0.15) is 0 Å². The predicted octanol–water partition coefficient (Wildman–Crippen LogP) is 3.95. The Morgan fingerprint density at radius 1 is 1.21 bits per heavy atom. The minimum atomic E-state index is -1.10. The third-order valence-electron chi connectivity index (χ3n) is 2.78. The zero-order valence-electron chi connectivity index (χ0n) is 10.1. The number of aromatic carboxylic acids is 1. The minimum absolute atomic E-state index is 0.0241. The monoisotopic (exact) mass is 279 g/mol. The van der Waals surface area contributed by atoms with Crippen molar-refractivity contribution in [2.24, 2.45) is 0 Å². The van der Waals surface area contributed by atoms with Gasteiger partial charge in [0.1, 0.15) is 11.4 Å². The number of hydrogen-bond acceptors (Lipinski definition) is 2. The number of carbonyl (C=O) groups is 1. The molecule has 5 heteroatoms.